The van der Waals surface area contributed by atoms with Crippen molar-refractivity contribution >= 4 is 17.4 Å². The van der Waals surface area contributed by atoms with Crippen LogP contribution in [0.5, 0.6) is 0 Å². The van der Waals surface area contributed by atoms with E-state index in [2.05, 4.69) is 13.8 Å². The number of thioether (sulfide) groups is 1. The molecule has 0 bridgehead atoms. The third kappa shape index (κ3) is 4.86. The first-order valence-corrected chi connectivity index (χ1v) is 4.95. The summed E-state index contributed by atoms with van der Waals surface area (Å²) < 4.78 is 0. The fraction of sp³-hybridized carbons (Fsp3) is 0.875. The van der Waals surface area contributed by atoms with E-state index in [0.717, 1.165) is 17.3 Å². The first-order valence-electron chi connectivity index (χ1n) is 3.90. The molecule has 0 heterocycles. The van der Waals surface area contributed by atoms with Gasteiger partial charge in [0.05, 0.1) is 0 Å². The van der Waals surface area contributed by atoms with Gasteiger partial charge >= 0.3 is 0 Å². The Hall–Kier alpha value is 0.0200. The van der Waals surface area contributed by atoms with E-state index in [-0.39, 0.29) is 0 Å². The van der Waals surface area contributed by atoms with E-state index >= 15 is 0 Å². The molecule has 0 aliphatic rings. The summed E-state index contributed by atoms with van der Waals surface area (Å²) in [5, 5.41) is 0. The molecule has 10 heavy (non-hydrogen) atoms. The van der Waals surface area contributed by atoms with E-state index in [1.54, 1.807) is 0 Å². The van der Waals surface area contributed by atoms with Gasteiger partial charge in [-0.1, -0.05) is 38.5 Å². The second-order valence-electron chi connectivity index (χ2n) is 2.44. The molecule has 2 heteroatoms. The highest BCUT2D eigenvalue weighted by Crippen LogP contribution is 2.14. The third-order valence-electron chi connectivity index (χ3n) is 1.87. The normalized spacial score (nSPS) is 10.3. The smallest absolute Gasteiger partial charge is 0.176 e. The number of carbonyl (C=O) groups is 1. The summed E-state index contributed by atoms with van der Waals surface area (Å²) in [4.78, 5) is 9.93. The number of rotatable bonds is 6. The van der Waals surface area contributed by atoms with Crippen LogP contribution in [0.4, 0.5) is 0 Å². The van der Waals surface area contributed by atoms with Gasteiger partial charge in [0, 0.05) is 5.75 Å². The van der Waals surface area contributed by atoms with Crippen LogP contribution in [0.25, 0.3) is 0 Å². The van der Waals surface area contributed by atoms with Gasteiger partial charge in [0.1, 0.15) is 0 Å². The fourth-order valence-corrected chi connectivity index (χ4v) is 1.55. The maximum atomic E-state index is 9.93. The SMILES string of the molecule is CCC(CC)CCSC=O. The molecule has 0 aromatic carbocycles. The van der Waals surface area contributed by atoms with Crippen LogP contribution in [0.2, 0.25) is 0 Å². The molecule has 0 saturated carbocycles. The first kappa shape index (κ1) is 10.0. The van der Waals surface area contributed by atoms with Crippen molar-refractivity contribution in [2.75, 3.05) is 5.75 Å². The molecule has 0 aromatic rings. The van der Waals surface area contributed by atoms with E-state index in [4.69, 9.17) is 0 Å². The predicted molar refractivity (Wildman–Crippen MR) is 47.9 cm³/mol. The topological polar surface area (TPSA) is 17.1 Å². The zero-order valence-corrected chi connectivity index (χ0v) is 7.62. The molecule has 0 atom stereocenters. The Morgan fingerprint density at radius 3 is 2.40 bits per heavy atom. The summed E-state index contributed by atoms with van der Waals surface area (Å²) in [5.74, 6) is 1.82. The van der Waals surface area contributed by atoms with Crippen molar-refractivity contribution in [3.8, 4) is 0 Å². The van der Waals surface area contributed by atoms with Crippen molar-refractivity contribution in [1.82, 2.24) is 0 Å². The maximum absolute atomic E-state index is 9.93. The molecule has 0 aliphatic carbocycles. The zero-order chi connectivity index (χ0) is 7.82. The van der Waals surface area contributed by atoms with Crippen molar-refractivity contribution in [2.24, 2.45) is 5.92 Å². The summed E-state index contributed by atoms with van der Waals surface area (Å²) in [7, 11) is 0. The molecule has 0 aromatic heterocycles. The zero-order valence-electron chi connectivity index (χ0n) is 6.80. The summed E-state index contributed by atoms with van der Waals surface area (Å²) >= 11 is 1.39. The van der Waals surface area contributed by atoms with Crippen molar-refractivity contribution in [1.29, 1.82) is 0 Å². The van der Waals surface area contributed by atoms with Gasteiger partial charge in [0.2, 0.25) is 0 Å². The van der Waals surface area contributed by atoms with Crippen molar-refractivity contribution < 1.29 is 4.79 Å². The van der Waals surface area contributed by atoms with Crippen LogP contribution in [0.15, 0.2) is 0 Å². The minimum Gasteiger partial charge on any atom is -0.291 e. The largest absolute Gasteiger partial charge is 0.291 e. The highest BCUT2D eigenvalue weighted by molar-refractivity contribution is 8.11. The molecule has 0 N–H and O–H groups in total. The van der Waals surface area contributed by atoms with E-state index in [1.165, 1.54) is 31.0 Å². The summed E-state index contributed by atoms with van der Waals surface area (Å²) in [6.45, 7) is 4.42. The average Bonchev–Trinajstić information content (AvgIpc) is 1.99. The quantitative estimate of drug-likeness (QED) is 0.439. The van der Waals surface area contributed by atoms with Gasteiger partial charge in [-0.15, -0.1) is 0 Å². The molecule has 60 valence electrons. The molecular weight excluding hydrogens is 144 g/mol. The van der Waals surface area contributed by atoms with Crippen molar-refractivity contribution in [3.05, 3.63) is 0 Å². The molecule has 0 fully saturated rings. The van der Waals surface area contributed by atoms with Gasteiger partial charge < -0.3 is 0 Å². The molecule has 0 saturated heterocycles. The Balaban J connectivity index is 3.16. The molecule has 0 rings (SSSR count). The Labute approximate surface area is 67.6 Å². The van der Waals surface area contributed by atoms with Crippen molar-refractivity contribution in [2.45, 2.75) is 33.1 Å². The summed E-state index contributed by atoms with van der Waals surface area (Å²) in [6, 6.07) is 0. The predicted octanol–water partition coefficient (Wildman–Crippen LogP) is 2.74. The Kier molecular flexibility index (Phi) is 7.15. The monoisotopic (exact) mass is 160 g/mol. The minimum atomic E-state index is 0.826. The maximum Gasteiger partial charge on any atom is 0.176 e. The molecule has 0 amide bonds. The molecular formula is C8H16OS. The van der Waals surface area contributed by atoms with Crippen LogP contribution in [-0.2, 0) is 4.79 Å². The van der Waals surface area contributed by atoms with Crippen LogP contribution in [0.1, 0.15) is 33.1 Å². The van der Waals surface area contributed by atoms with Gasteiger partial charge in [0.25, 0.3) is 0 Å². The van der Waals surface area contributed by atoms with Crippen LogP contribution < -0.4 is 0 Å². The average molecular weight is 160 g/mol. The molecule has 0 unspecified atom stereocenters. The highest BCUT2D eigenvalue weighted by Gasteiger charge is 2.01. The van der Waals surface area contributed by atoms with Crippen molar-refractivity contribution in [3.63, 3.8) is 0 Å². The highest BCUT2D eigenvalue weighted by atomic mass is 32.2. The van der Waals surface area contributed by atoms with Gasteiger partial charge in [-0.25, -0.2) is 0 Å². The number of carbonyl (C=O) groups excluding carboxylic acids is 1. The molecule has 0 spiro atoms. The Morgan fingerprint density at radius 2 is 2.00 bits per heavy atom. The van der Waals surface area contributed by atoms with E-state index < -0.39 is 0 Å². The van der Waals surface area contributed by atoms with E-state index in [1.807, 2.05) is 0 Å². The van der Waals surface area contributed by atoms with Gasteiger partial charge in [-0.05, 0) is 12.3 Å². The lowest BCUT2D eigenvalue weighted by Crippen LogP contribution is -1.97. The van der Waals surface area contributed by atoms with E-state index in [0.29, 0.717) is 0 Å². The van der Waals surface area contributed by atoms with Gasteiger partial charge in [0.15, 0.2) is 5.62 Å². The standard InChI is InChI=1S/C8H16OS/c1-3-8(4-2)5-6-10-7-9/h7-8H,3-6H2,1-2H3. The second-order valence-corrected chi connectivity index (χ2v) is 3.37. The van der Waals surface area contributed by atoms with Crippen LogP contribution in [0.3, 0.4) is 0 Å². The van der Waals surface area contributed by atoms with Gasteiger partial charge in [-0.2, -0.15) is 0 Å². The lowest BCUT2D eigenvalue weighted by molar-refractivity contribution is 0.481. The fourth-order valence-electron chi connectivity index (χ4n) is 0.980. The Bertz CT molecular complexity index is 79.3. The molecule has 0 radical (unpaired) electrons. The lowest BCUT2D eigenvalue weighted by atomic mass is 10.0. The molecule has 0 aliphatic heterocycles. The first-order chi connectivity index (χ1) is 4.85. The third-order valence-corrected chi connectivity index (χ3v) is 2.47. The van der Waals surface area contributed by atoms with Gasteiger partial charge in [-0.3, -0.25) is 4.79 Å². The lowest BCUT2D eigenvalue weighted by Gasteiger charge is -2.09. The summed E-state index contributed by atoms with van der Waals surface area (Å²) in [5.41, 5.74) is 0.933. The number of hydrogen-bond donors (Lipinski definition) is 0. The van der Waals surface area contributed by atoms with Crippen LogP contribution in [-0.4, -0.2) is 11.4 Å². The van der Waals surface area contributed by atoms with Crippen LogP contribution >= 0.6 is 11.8 Å². The second kappa shape index (κ2) is 7.13. The van der Waals surface area contributed by atoms with E-state index in [9.17, 15) is 4.79 Å². The number of hydrogen-bond acceptors (Lipinski definition) is 2. The summed E-state index contributed by atoms with van der Waals surface area (Å²) in [6.07, 6.45) is 3.68. The minimum absolute atomic E-state index is 0.826. The Morgan fingerprint density at radius 1 is 1.40 bits per heavy atom. The molecule has 1 nitrogen and oxygen atoms in total. The van der Waals surface area contributed by atoms with Crippen LogP contribution in [0, 0.1) is 5.92 Å².